The number of H-pyrrole nitrogens is 1. The quantitative estimate of drug-likeness (QED) is 0.359. The Balaban J connectivity index is 1.29. The number of aromatic amines is 1. The standard InChI is InChI=1S/C26H22F2N8O2/c1-34-20-9-5-8-17-18(16-11-29-36(12-16)26(27)28)13-35(22(17)20)14-19(25(34)38)30-24(37)23-31-21(32-33-23)10-15-6-3-2-4-7-15/h2-9,11-13,19,26H,10,14H2,1H3,(H,30,37)(H,31,32,33)/t19-/m0/s1. The lowest BCUT2D eigenvalue weighted by atomic mass is 10.1. The molecule has 0 saturated carbocycles. The van der Waals surface area contributed by atoms with Gasteiger partial charge in [-0.1, -0.05) is 42.5 Å². The number of nitrogens with one attached hydrogen (secondary N) is 2. The van der Waals surface area contributed by atoms with Crippen molar-refractivity contribution in [3.63, 3.8) is 0 Å². The van der Waals surface area contributed by atoms with E-state index in [9.17, 15) is 18.4 Å². The summed E-state index contributed by atoms with van der Waals surface area (Å²) in [6, 6.07) is 14.2. The monoisotopic (exact) mass is 516 g/mol. The number of nitrogens with zero attached hydrogens (tertiary/aromatic N) is 6. The molecule has 1 aliphatic rings. The Bertz CT molecular complexity index is 1660. The highest BCUT2D eigenvalue weighted by molar-refractivity contribution is 6.10. The predicted octanol–water partition coefficient (Wildman–Crippen LogP) is 3.38. The smallest absolute Gasteiger partial charge is 0.333 e. The van der Waals surface area contributed by atoms with Crippen LogP contribution in [-0.2, 0) is 17.8 Å². The third-order valence-corrected chi connectivity index (χ3v) is 6.63. The molecule has 0 radical (unpaired) electrons. The molecule has 2 N–H and O–H groups in total. The summed E-state index contributed by atoms with van der Waals surface area (Å²) in [5, 5.41) is 15.3. The zero-order valence-corrected chi connectivity index (χ0v) is 20.2. The van der Waals surface area contributed by atoms with Crippen molar-refractivity contribution in [1.29, 1.82) is 0 Å². The van der Waals surface area contributed by atoms with E-state index in [2.05, 4.69) is 25.6 Å². The van der Waals surface area contributed by atoms with Gasteiger partial charge in [-0.05, 0) is 11.6 Å². The summed E-state index contributed by atoms with van der Waals surface area (Å²) in [6.45, 7) is -2.62. The van der Waals surface area contributed by atoms with Gasteiger partial charge in [0.25, 0.3) is 11.8 Å². The van der Waals surface area contributed by atoms with Crippen molar-refractivity contribution in [2.75, 3.05) is 11.9 Å². The van der Waals surface area contributed by atoms with Crippen LogP contribution in [0.4, 0.5) is 14.5 Å². The topological polar surface area (TPSA) is 114 Å². The fourth-order valence-corrected chi connectivity index (χ4v) is 4.80. The van der Waals surface area contributed by atoms with E-state index in [4.69, 9.17) is 0 Å². The van der Waals surface area contributed by atoms with Gasteiger partial charge in [0.05, 0.1) is 23.9 Å². The number of aromatic nitrogens is 6. The lowest BCUT2D eigenvalue weighted by molar-refractivity contribution is -0.120. The molecule has 3 aromatic heterocycles. The van der Waals surface area contributed by atoms with Crippen LogP contribution in [0.3, 0.4) is 0 Å². The molecular formula is C26H22F2N8O2. The maximum atomic E-state index is 13.4. The molecule has 0 aliphatic carbocycles. The molecule has 12 heteroatoms. The van der Waals surface area contributed by atoms with Gasteiger partial charge in [-0.15, -0.1) is 10.2 Å². The van der Waals surface area contributed by atoms with Crippen molar-refractivity contribution in [2.24, 2.45) is 0 Å². The van der Waals surface area contributed by atoms with Gasteiger partial charge in [0.2, 0.25) is 5.82 Å². The minimum atomic E-state index is -2.75. The minimum absolute atomic E-state index is 0.00546. The first-order chi connectivity index (χ1) is 18.4. The predicted molar refractivity (Wildman–Crippen MR) is 135 cm³/mol. The Morgan fingerprint density at radius 2 is 1.95 bits per heavy atom. The molecule has 1 atom stereocenters. The lowest BCUT2D eigenvalue weighted by Gasteiger charge is -2.21. The number of para-hydroxylation sites is 1. The van der Waals surface area contributed by atoms with Crippen LogP contribution in [-0.4, -0.2) is 54.4 Å². The largest absolute Gasteiger partial charge is 0.343 e. The highest BCUT2D eigenvalue weighted by Crippen LogP contribution is 2.37. The summed E-state index contributed by atoms with van der Waals surface area (Å²) in [4.78, 5) is 30.8. The van der Waals surface area contributed by atoms with E-state index in [1.165, 1.54) is 17.3 Å². The number of rotatable bonds is 6. The number of carbonyl (C=O) groups is 2. The number of carbonyl (C=O) groups excluding carboxylic acids is 2. The molecule has 2 amide bonds. The van der Waals surface area contributed by atoms with Crippen LogP contribution in [0.5, 0.6) is 0 Å². The highest BCUT2D eigenvalue weighted by Gasteiger charge is 2.32. The normalized spacial score (nSPS) is 15.3. The molecule has 0 bridgehead atoms. The van der Waals surface area contributed by atoms with Gasteiger partial charge in [0.1, 0.15) is 11.9 Å². The summed E-state index contributed by atoms with van der Waals surface area (Å²) in [7, 11) is 1.64. The van der Waals surface area contributed by atoms with E-state index in [0.29, 0.717) is 33.7 Å². The first-order valence-electron chi connectivity index (χ1n) is 11.9. The van der Waals surface area contributed by atoms with Crippen LogP contribution >= 0.6 is 0 Å². The van der Waals surface area contributed by atoms with Gasteiger partial charge >= 0.3 is 6.55 Å². The zero-order chi connectivity index (χ0) is 26.4. The van der Waals surface area contributed by atoms with E-state index in [0.717, 1.165) is 16.5 Å². The van der Waals surface area contributed by atoms with Gasteiger partial charge in [-0.3, -0.25) is 9.59 Å². The van der Waals surface area contributed by atoms with Crippen LogP contribution in [0.2, 0.25) is 0 Å². The Hall–Kier alpha value is -4.87. The van der Waals surface area contributed by atoms with Crippen LogP contribution in [0.15, 0.2) is 67.1 Å². The molecule has 0 saturated heterocycles. The number of hydrogen-bond donors (Lipinski definition) is 2. The van der Waals surface area contributed by atoms with E-state index in [1.807, 2.05) is 41.0 Å². The molecule has 192 valence electrons. The molecule has 0 spiro atoms. The van der Waals surface area contributed by atoms with Gasteiger partial charge in [0, 0.05) is 42.4 Å². The molecule has 6 rings (SSSR count). The van der Waals surface area contributed by atoms with Crippen LogP contribution in [0.1, 0.15) is 28.6 Å². The number of amides is 2. The SMILES string of the molecule is CN1C(=O)[C@@H](NC(=O)c2nnc(Cc3ccccc3)[nH]2)Cn2cc(-c3cnn(C(F)F)c3)c3cccc1c32. The fourth-order valence-electron chi connectivity index (χ4n) is 4.80. The Morgan fingerprint density at radius 1 is 1.13 bits per heavy atom. The van der Waals surface area contributed by atoms with E-state index >= 15 is 0 Å². The average Bonchev–Trinajstić information content (AvgIpc) is 3.65. The number of hydrogen-bond acceptors (Lipinski definition) is 5. The van der Waals surface area contributed by atoms with Crippen molar-refractivity contribution in [3.8, 4) is 11.1 Å². The number of alkyl halides is 2. The second-order valence-corrected chi connectivity index (χ2v) is 9.06. The van der Waals surface area contributed by atoms with Crippen LogP contribution < -0.4 is 10.2 Å². The van der Waals surface area contributed by atoms with Crippen molar-refractivity contribution in [2.45, 2.75) is 25.6 Å². The second-order valence-electron chi connectivity index (χ2n) is 9.06. The molecule has 4 heterocycles. The number of halogens is 2. The molecule has 1 aliphatic heterocycles. The number of likely N-dealkylation sites (N-methyl/N-ethyl adjacent to an activating group) is 1. The molecule has 0 unspecified atom stereocenters. The Morgan fingerprint density at radius 3 is 2.71 bits per heavy atom. The van der Waals surface area contributed by atoms with Gasteiger partial charge in [-0.2, -0.15) is 13.9 Å². The summed E-state index contributed by atoms with van der Waals surface area (Å²) in [6.07, 6.45) is 4.94. The van der Waals surface area contributed by atoms with Gasteiger partial charge in [0.15, 0.2) is 0 Å². The first kappa shape index (κ1) is 23.5. The van der Waals surface area contributed by atoms with Crippen molar-refractivity contribution in [3.05, 3.63) is 84.3 Å². The zero-order valence-electron chi connectivity index (χ0n) is 20.2. The molecular weight excluding hydrogens is 494 g/mol. The van der Waals surface area contributed by atoms with Crippen molar-refractivity contribution < 1.29 is 18.4 Å². The van der Waals surface area contributed by atoms with E-state index in [1.54, 1.807) is 25.4 Å². The van der Waals surface area contributed by atoms with Crippen molar-refractivity contribution >= 4 is 28.4 Å². The van der Waals surface area contributed by atoms with E-state index in [-0.39, 0.29) is 18.3 Å². The number of anilines is 1. The highest BCUT2D eigenvalue weighted by atomic mass is 19.3. The molecule has 38 heavy (non-hydrogen) atoms. The Labute approximate surface area is 214 Å². The number of benzene rings is 2. The minimum Gasteiger partial charge on any atom is -0.343 e. The molecule has 5 aromatic rings. The fraction of sp³-hybridized carbons (Fsp3) is 0.192. The maximum absolute atomic E-state index is 13.4. The maximum Gasteiger partial charge on any atom is 0.333 e. The molecule has 2 aromatic carbocycles. The average molecular weight is 517 g/mol. The van der Waals surface area contributed by atoms with E-state index < -0.39 is 18.5 Å². The van der Waals surface area contributed by atoms with Crippen molar-refractivity contribution in [1.82, 2.24) is 34.8 Å². The van der Waals surface area contributed by atoms with Gasteiger partial charge in [-0.25, -0.2) is 4.68 Å². The lowest BCUT2D eigenvalue weighted by Crippen LogP contribution is -2.48. The third-order valence-electron chi connectivity index (χ3n) is 6.63. The Kier molecular flexibility index (Phi) is 5.70. The van der Waals surface area contributed by atoms with Crippen LogP contribution in [0, 0.1) is 0 Å². The van der Waals surface area contributed by atoms with Gasteiger partial charge < -0.3 is 19.8 Å². The first-order valence-corrected chi connectivity index (χ1v) is 11.9. The molecule has 0 fully saturated rings. The molecule has 10 nitrogen and oxygen atoms in total. The summed E-state index contributed by atoms with van der Waals surface area (Å²) < 4.78 is 28.7. The summed E-state index contributed by atoms with van der Waals surface area (Å²) in [5.41, 5.74) is 3.63. The van der Waals surface area contributed by atoms with Crippen LogP contribution in [0.25, 0.3) is 22.0 Å². The third kappa shape index (κ3) is 4.09. The summed E-state index contributed by atoms with van der Waals surface area (Å²) >= 11 is 0. The second kappa shape index (κ2) is 9.21. The summed E-state index contributed by atoms with van der Waals surface area (Å²) in [5.74, 6) is -0.327.